The number of unbranched alkanes of at least 4 members (excludes halogenated alkanes) is 10. The molecule has 1 atom stereocenters. The third-order valence-corrected chi connectivity index (χ3v) is 19.1. The van der Waals surface area contributed by atoms with Crippen molar-refractivity contribution in [2.24, 2.45) is 0 Å². The Morgan fingerprint density at radius 3 is 1.53 bits per heavy atom. The van der Waals surface area contributed by atoms with Gasteiger partial charge < -0.3 is 27.8 Å². The van der Waals surface area contributed by atoms with E-state index in [1.807, 2.05) is 51.1 Å². The minimum absolute atomic E-state index is 0.158. The fraction of sp³-hybridized carbons (Fsp3) is 0.576. The van der Waals surface area contributed by atoms with E-state index in [1.165, 1.54) is 22.6 Å². The number of esters is 1. The first-order valence-electron chi connectivity index (χ1n) is 28.2. The minimum atomic E-state index is -2.93. The van der Waals surface area contributed by atoms with Crippen LogP contribution < -0.4 is 9.80 Å². The van der Waals surface area contributed by atoms with Crippen molar-refractivity contribution >= 4 is 92.9 Å². The maximum atomic E-state index is 15.1. The Labute approximate surface area is 432 Å². The van der Waals surface area contributed by atoms with Crippen LogP contribution in [0.5, 0.6) is 0 Å². The molecule has 1 unspecified atom stereocenters. The lowest BCUT2D eigenvalue weighted by molar-refractivity contribution is -0.144. The summed E-state index contributed by atoms with van der Waals surface area (Å²) in [7, 11) is -2.93. The van der Waals surface area contributed by atoms with Gasteiger partial charge in [0.05, 0.1) is 17.2 Å². The first-order valence-corrected chi connectivity index (χ1v) is 30.1. The highest BCUT2D eigenvalue weighted by Gasteiger charge is 2.42. The number of amides is 4. The Hall–Kier alpha value is -5.15. The fourth-order valence-electron chi connectivity index (χ4n) is 12.5. The Kier molecular flexibility index (Phi) is 17.0. The molecule has 0 saturated carbocycles. The molecule has 0 bridgehead atoms. The SMILES string of the molecule is CCCCCCCCN1C(=O)c2ccc3c4c(N5CCCC5COC(=O)CCC[Si](OCC)(OCC)OCC)cc5c6c(ccc(c7c(N8CCCC8)cc(c2c37)C1=O)c64)C(=O)N(CCCCCCCC)C5=O. The standard InChI is InChI=1S/C59H78N4O9Si/c1-6-11-13-15-17-19-33-62-56(65)43-30-28-42-53-48(61-35-23-25-40(61)39-69-49(64)26-24-36-73(70-8-3,71-9-4)72-10-5)38-46-51-44(57(66)63(59(46)68)34-20-18-16-14-12-7-2)29-27-41(55(51)53)52-47(60-31-21-22-32-60)37-45(58(62)67)50(43)54(42)52/h27-30,37-38,40H,6-26,31-36,39H2,1-5H3. The number of rotatable bonds is 28. The molecule has 0 radical (unpaired) electrons. The van der Waals surface area contributed by atoms with Crippen LogP contribution >= 0.6 is 0 Å². The number of carbonyl (C=O) groups is 5. The Bertz CT molecular complexity index is 2830. The number of anilines is 2. The molecular weight excluding hydrogens is 937 g/mol. The van der Waals surface area contributed by atoms with E-state index in [0.717, 1.165) is 147 Å². The Morgan fingerprint density at radius 2 is 1.01 bits per heavy atom. The quantitative estimate of drug-likeness (QED) is 0.0118. The molecule has 9 rings (SSSR count). The van der Waals surface area contributed by atoms with Crippen LogP contribution in [-0.4, -0.2) is 113 Å². The van der Waals surface area contributed by atoms with E-state index in [4.69, 9.17) is 18.0 Å². The summed E-state index contributed by atoms with van der Waals surface area (Å²) in [6.07, 6.45) is 16.8. The van der Waals surface area contributed by atoms with Crippen molar-refractivity contribution in [2.75, 3.05) is 69.0 Å². The third kappa shape index (κ3) is 10.2. The van der Waals surface area contributed by atoms with Crippen LogP contribution in [0.2, 0.25) is 6.04 Å². The van der Waals surface area contributed by atoms with Gasteiger partial charge in [0.25, 0.3) is 23.6 Å². The van der Waals surface area contributed by atoms with Crippen LogP contribution in [0.25, 0.3) is 43.1 Å². The van der Waals surface area contributed by atoms with E-state index in [0.29, 0.717) is 84.9 Å². The first kappa shape index (κ1) is 52.7. The highest BCUT2D eigenvalue weighted by atomic mass is 28.4. The lowest BCUT2D eigenvalue weighted by Crippen LogP contribution is -2.46. The summed E-state index contributed by atoms with van der Waals surface area (Å²) in [5.41, 5.74) is 3.85. The second kappa shape index (κ2) is 23.6. The van der Waals surface area contributed by atoms with Gasteiger partial charge >= 0.3 is 14.8 Å². The predicted molar refractivity (Wildman–Crippen MR) is 293 cm³/mol. The van der Waals surface area contributed by atoms with Gasteiger partial charge in [-0.05, 0) is 101 Å². The van der Waals surface area contributed by atoms with Gasteiger partial charge in [0, 0.05) is 120 Å². The number of hydrogen-bond donors (Lipinski definition) is 0. The summed E-state index contributed by atoms with van der Waals surface area (Å²) in [6.45, 7) is 14.7. The van der Waals surface area contributed by atoms with Gasteiger partial charge in [0.1, 0.15) is 6.61 Å². The largest absolute Gasteiger partial charge is 0.500 e. The molecule has 5 aromatic carbocycles. The van der Waals surface area contributed by atoms with Gasteiger partial charge in [-0.25, -0.2) is 0 Å². The molecule has 14 heteroatoms. The average Bonchev–Trinajstić information content (AvgIpc) is 4.11. The van der Waals surface area contributed by atoms with Crippen molar-refractivity contribution in [2.45, 2.75) is 162 Å². The van der Waals surface area contributed by atoms with E-state index < -0.39 is 8.80 Å². The van der Waals surface area contributed by atoms with Crippen molar-refractivity contribution in [3.63, 3.8) is 0 Å². The molecule has 4 heterocycles. The van der Waals surface area contributed by atoms with E-state index >= 15 is 4.79 Å². The van der Waals surface area contributed by atoms with Gasteiger partial charge in [-0.2, -0.15) is 0 Å². The zero-order chi connectivity index (χ0) is 51.2. The molecule has 0 aromatic heterocycles. The average molecular weight is 1020 g/mol. The van der Waals surface area contributed by atoms with E-state index in [1.54, 1.807) is 0 Å². The number of benzene rings is 5. The predicted octanol–water partition coefficient (Wildman–Crippen LogP) is 12.6. The van der Waals surface area contributed by atoms with Crippen molar-refractivity contribution in [3.05, 3.63) is 58.7 Å². The zero-order valence-electron chi connectivity index (χ0n) is 44.3. The van der Waals surface area contributed by atoms with Crippen LogP contribution in [0.1, 0.15) is 192 Å². The number of imide groups is 2. The molecular formula is C59H78N4O9Si. The molecule has 4 aliphatic heterocycles. The first-order chi connectivity index (χ1) is 35.6. The lowest BCUT2D eigenvalue weighted by atomic mass is 9.80. The normalized spacial score (nSPS) is 17.1. The highest BCUT2D eigenvalue weighted by molar-refractivity contribution is 6.60. The molecule has 4 amide bonds. The Balaban J connectivity index is 1.16. The van der Waals surface area contributed by atoms with Crippen LogP contribution in [0.3, 0.4) is 0 Å². The number of fused-ring (bicyclic) bond motifs is 2. The van der Waals surface area contributed by atoms with Gasteiger partial charge in [0.15, 0.2) is 0 Å². The van der Waals surface area contributed by atoms with Gasteiger partial charge in [0.2, 0.25) is 0 Å². The molecule has 73 heavy (non-hydrogen) atoms. The number of nitrogens with zero attached hydrogens (tertiary/aromatic N) is 4. The van der Waals surface area contributed by atoms with Gasteiger partial charge in [-0.15, -0.1) is 0 Å². The monoisotopic (exact) mass is 1010 g/mol. The number of carbonyl (C=O) groups excluding carboxylic acids is 5. The second-order valence-corrected chi connectivity index (χ2v) is 23.5. The van der Waals surface area contributed by atoms with Crippen LogP contribution in [0.15, 0.2) is 36.4 Å². The molecule has 0 spiro atoms. The highest BCUT2D eigenvalue weighted by Crippen LogP contribution is 2.53. The molecule has 5 aromatic rings. The maximum absolute atomic E-state index is 15.1. The molecule has 13 nitrogen and oxygen atoms in total. The van der Waals surface area contributed by atoms with Crippen molar-refractivity contribution < 1.29 is 42.0 Å². The van der Waals surface area contributed by atoms with Gasteiger partial charge in [-0.3, -0.25) is 33.8 Å². The number of hydrogen-bond acceptors (Lipinski definition) is 11. The molecule has 2 fully saturated rings. The molecule has 4 aliphatic rings. The lowest BCUT2D eigenvalue weighted by Gasteiger charge is -2.35. The molecule has 0 aliphatic carbocycles. The molecule has 0 N–H and O–H groups in total. The third-order valence-electron chi connectivity index (χ3n) is 16.0. The van der Waals surface area contributed by atoms with E-state index in [-0.39, 0.29) is 48.7 Å². The minimum Gasteiger partial charge on any atom is -0.463 e. The zero-order valence-corrected chi connectivity index (χ0v) is 45.3. The summed E-state index contributed by atoms with van der Waals surface area (Å²) >= 11 is 0. The maximum Gasteiger partial charge on any atom is 0.500 e. The van der Waals surface area contributed by atoms with Gasteiger partial charge in [-0.1, -0.05) is 90.2 Å². The molecule has 2 saturated heterocycles. The van der Waals surface area contributed by atoms with Crippen LogP contribution in [0, 0.1) is 0 Å². The summed E-state index contributed by atoms with van der Waals surface area (Å²) in [5, 5.41) is 6.61. The van der Waals surface area contributed by atoms with Crippen LogP contribution in [-0.2, 0) is 22.8 Å². The smallest absolute Gasteiger partial charge is 0.463 e. The summed E-state index contributed by atoms with van der Waals surface area (Å²) < 4.78 is 24.3. The van der Waals surface area contributed by atoms with Crippen molar-refractivity contribution in [1.29, 1.82) is 0 Å². The van der Waals surface area contributed by atoms with Crippen LogP contribution in [0.4, 0.5) is 11.4 Å². The van der Waals surface area contributed by atoms with Crippen molar-refractivity contribution in [3.8, 4) is 0 Å². The topological polar surface area (TPSA) is 135 Å². The Morgan fingerprint density at radius 1 is 0.534 bits per heavy atom. The fourth-order valence-corrected chi connectivity index (χ4v) is 15.1. The van der Waals surface area contributed by atoms with E-state index in [2.05, 4.69) is 29.7 Å². The number of ether oxygens (including phenoxy) is 1. The summed E-state index contributed by atoms with van der Waals surface area (Å²) in [6, 6.07) is 12.3. The summed E-state index contributed by atoms with van der Waals surface area (Å²) in [4.78, 5) is 80.5. The van der Waals surface area contributed by atoms with Crippen molar-refractivity contribution in [1.82, 2.24) is 9.80 Å². The second-order valence-electron chi connectivity index (χ2n) is 20.7. The molecule has 392 valence electrons. The summed E-state index contributed by atoms with van der Waals surface area (Å²) in [5.74, 6) is -1.39. The van der Waals surface area contributed by atoms with E-state index in [9.17, 15) is 19.2 Å².